The second kappa shape index (κ2) is 4.17. The summed E-state index contributed by atoms with van der Waals surface area (Å²) in [6, 6.07) is -0.327. The number of nitrogens with zero attached hydrogens (tertiary/aromatic N) is 2. The van der Waals surface area contributed by atoms with E-state index < -0.39 is 23.6 Å². The zero-order valence-corrected chi connectivity index (χ0v) is 8.97. The van der Waals surface area contributed by atoms with Crippen molar-refractivity contribution in [2.24, 2.45) is 0 Å². The first-order chi connectivity index (χ1) is 7.28. The van der Waals surface area contributed by atoms with Crippen molar-refractivity contribution in [1.82, 2.24) is 10.2 Å². The van der Waals surface area contributed by atoms with Gasteiger partial charge in [0, 0.05) is 0 Å². The molecule has 0 spiro atoms. The van der Waals surface area contributed by atoms with Gasteiger partial charge in [-0.15, -0.1) is 0 Å². The lowest BCUT2D eigenvalue weighted by Crippen LogP contribution is -2.27. The Morgan fingerprint density at radius 1 is 1.38 bits per heavy atom. The molecule has 1 rings (SSSR count). The van der Waals surface area contributed by atoms with Gasteiger partial charge in [0.15, 0.2) is 0 Å². The number of carbonyl (C=O) groups is 2. The van der Waals surface area contributed by atoms with Crippen molar-refractivity contribution in [1.29, 1.82) is 0 Å². The van der Waals surface area contributed by atoms with Gasteiger partial charge in [0.1, 0.15) is 5.60 Å². The van der Waals surface area contributed by atoms with Gasteiger partial charge in [0.2, 0.25) is 0 Å². The normalized spacial score (nSPS) is 10.9. The molecular weight excluding hydrogens is 218 g/mol. The van der Waals surface area contributed by atoms with Crippen molar-refractivity contribution < 1.29 is 23.8 Å². The monoisotopic (exact) mass is 229 g/mol. The molecule has 0 radical (unpaired) electrons. The Balaban J connectivity index is 2.60. The molecule has 1 heterocycles. The van der Waals surface area contributed by atoms with Gasteiger partial charge >= 0.3 is 24.0 Å². The van der Waals surface area contributed by atoms with E-state index in [1.807, 2.05) is 0 Å². The van der Waals surface area contributed by atoms with E-state index in [1.54, 1.807) is 20.8 Å². The third-order valence-electron chi connectivity index (χ3n) is 1.22. The standard InChI is InChI=1S/C8H11N3O5/c1-8(2,3)16-7(14)9-6-11-10-4(15-6)5(12)13/h1-3H3,(H,12,13)(H,9,11,14). The molecule has 0 aromatic carbocycles. The van der Waals surface area contributed by atoms with Gasteiger partial charge < -0.3 is 14.3 Å². The zero-order valence-electron chi connectivity index (χ0n) is 8.97. The molecule has 0 aliphatic heterocycles. The minimum Gasteiger partial charge on any atom is -0.474 e. The number of carboxylic acids is 1. The molecule has 0 atom stereocenters. The Labute approximate surface area is 90.6 Å². The summed E-state index contributed by atoms with van der Waals surface area (Å²) in [5.74, 6) is -1.98. The van der Waals surface area contributed by atoms with Gasteiger partial charge in [0.05, 0.1) is 0 Å². The number of aromatic carboxylic acids is 1. The molecule has 0 saturated carbocycles. The average molecular weight is 229 g/mol. The summed E-state index contributed by atoms with van der Waals surface area (Å²) in [5, 5.41) is 17.1. The van der Waals surface area contributed by atoms with E-state index in [4.69, 9.17) is 9.84 Å². The molecule has 1 amide bonds. The van der Waals surface area contributed by atoms with Crippen LogP contribution in [0.2, 0.25) is 0 Å². The lowest BCUT2D eigenvalue weighted by Gasteiger charge is -2.18. The molecule has 16 heavy (non-hydrogen) atoms. The molecule has 8 nitrogen and oxygen atoms in total. The average Bonchev–Trinajstić information content (AvgIpc) is 2.48. The second-order valence-electron chi connectivity index (χ2n) is 3.84. The maximum atomic E-state index is 11.2. The molecule has 1 aromatic rings. The van der Waals surface area contributed by atoms with Gasteiger partial charge in [0.25, 0.3) is 0 Å². The summed E-state index contributed by atoms with van der Waals surface area (Å²) in [4.78, 5) is 21.6. The highest BCUT2D eigenvalue weighted by Crippen LogP contribution is 2.10. The number of carboxylic acid groups (broad SMARTS) is 1. The molecule has 0 aliphatic carbocycles. The Kier molecular flexibility index (Phi) is 3.11. The summed E-state index contributed by atoms with van der Waals surface area (Å²) < 4.78 is 9.48. The van der Waals surface area contributed by atoms with E-state index in [2.05, 4.69) is 19.9 Å². The summed E-state index contributed by atoms with van der Waals surface area (Å²) >= 11 is 0. The van der Waals surface area contributed by atoms with E-state index in [0.29, 0.717) is 0 Å². The summed E-state index contributed by atoms with van der Waals surface area (Å²) in [6.07, 6.45) is -0.798. The number of amides is 1. The predicted molar refractivity (Wildman–Crippen MR) is 51.1 cm³/mol. The Morgan fingerprint density at radius 2 is 2.00 bits per heavy atom. The topological polar surface area (TPSA) is 115 Å². The SMILES string of the molecule is CC(C)(C)OC(=O)Nc1nnc(C(=O)O)o1. The van der Waals surface area contributed by atoms with Crippen molar-refractivity contribution in [2.75, 3.05) is 5.32 Å². The first-order valence-corrected chi connectivity index (χ1v) is 4.35. The quantitative estimate of drug-likeness (QED) is 0.780. The summed E-state index contributed by atoms with van der Waals surface area (Å²) in [6.45, 7) is 5.05. The van der Waals surface area contributed by atoms with Gasteiger partial charge in [-0.1, -0.05) is 10.2 Å². The van der Waals surface area contributed by atoms with Crippen LogP contribution in [0.5, 0.6) is 0 Å². The summed E-state index contributed by atoms with van der Waals surface area (Å²) in [7, 11) is 0. The van der Waals surface area contributed by atoms with E-state index in [0.717, 1.165) is 0 Å². The maximum absolute atomic E-state index is 11.2. The van der Waals surface area contributed by atoms with Crippen LogP contribution in [-0.2, 0) is 4.74 Å². The number of rotatable bonds is 2. The van der Waals surface area contributed by atoms with Gasteiger partial charge in [-0.3, -0.25) is 0 Å². The van der Waals surface area contributed by atoms with Crippen LogP contribution in [0.1, 0.15) is 31.5 Å². The molecule has 8 heteroatoms. The van der Waals surface area contributed by atoms with Crippen LogP contribution in [-0.4, -0.2) is 33.0 Å². The van der Waals surface area contributed by atoms with Gasteiger partial charge in [-0.05, 0) is 20.8 Å². The molecule has 0 unspecified atom stereocenters. The summed E-state index contributed by atoms with van der Waals surface area (Å²) in [5.41, 5.74) is -0.667. The minimum absolute atomic E-state index is 0.327. The van der Waals surface area contributed by atoms with Crippen molar-refractivity contribution in [3.8, 4) is 0 Å². The number of nitrogens with one attached hydrogen (secondary N) is 1. The highest BCUT2D eigenvalue weighted by molar-refractivity contribution is 5.84. The second-order valence-corrected chi connectivity index (χ2v) is 3.84. The van der Waals surface area contributed by atoms with Crippen LogP contribution in [0.25, 0.3) is 0 Å². The third kappa shape index (κ3) is 3.56. The van der Waals surface area contributed by atoms with Crippen LogP contribution in [0.3, 0.4) is 0 Å². The zero-order chi connectivity index (χ0) is 12.3. The molecule has 0 bridgehead atoms. The highest BCUT2D eigenvalue weighted by atomic mass is 16.6. The molecule has 88 valence electrons. The number of anilines is 1. The fourth-order valence-electron chi connectivity index (χ4n) is 0.751. The molecule has 0 aliphatic rings. The first-order valence-electron chi connectivity index (χ1n) is 4.35. The van der Waals surface area contributed by atoms with E-state index in [9.17, 15) is 9.59 Å². The Bertz CT molecular complexity index is 406. The Morgan fingerprint density at radius 3 is 2.44 bits per heavy atom. The van der Waals surface area contributed by atoms with Crippen LogP contribution < -0.4 is 5.32 Å². The number of ether oxygens (including phenoxy) is 1. The number of aromatic nitrogens is 2. The first kappa shape index (κ1) is 12.0. The largest absolute Gasteiger partial charge is 0.474 e. The van der Waals surface area contributed by atoms with Crippen LogP contribution in [0.4, 0.5) is 10.8 Å². The van der Waals surface area contributed by atoms with Gasteiger partial charge in [-0.2, -0.15) is 0 Å². The third-order valence-corrected chi connectivity index (χ3v) is 1.22. The predicted octanol–water partition coefficient (Wildman–Crippen LogP) is 1.11. The lowest BCUT2D eigenvalue weighted by atomic mass is 10.2. The van der Waals surface area contributed by atoms with Gasteiger partial charge in [-0.25, -0.2) is 14.9 Å². The molecule has 2 N–H and O–H groups in total. The molecular formula is C8H11N3O5. The molecule has 0 fully saturated rings. The maximum Gasteiger partial charge on any atom is 0.415 e. The van der Waals surface area contributed by atoms with Crippen LogP contribution in [0, 0.1) is 0 Å². The fourth-order valence-corrected chi connectivity index (χ4v) is 0.751. The Hall–Kier alpha value is -2.12. The lowest BCUT2D eigenvalue weighted by molar-refractivity contribution is 0.0617. The van der Waals surface area contributed by atoms with E-state index in [-0.39, 0.29) is 6.01 Å². The van der Waals surface area contributed by atoms with Crippen LogP contribution in [0.15, 0.2) is 4.42 Å². The van der Waals surface area contributed by atoms with E-state index >= 15 is 0 Å². The highest BCUT2D eigenvalue weighted by Gasteiger charge is 2.19. The number of carbonyl (C=O) groups excluding carboxylic acids is 1. The van der Waals surface area contributed by atoms with E-state index in [1.165, 1.54) is 0 Å². The van der Waals surface area contributed by atoms with Crippen molar-refractivity contribution in [2.45, 2.75) is 26.4 Å². The number of hydrogen-bond acceptors (Lipinski definition) is 6. The molecule has 1 aromatic heterocycles. The van der Waals surface area contributed by atoms with Crippen molar-refractivity contribution >= 4 is 18.1 Å². The minimum atomic E-state index is -1.37. The van der Waals surface area contributed by atoms with Crippen molar-refractivity contribution in [3.63, 3.8) is 0 Å². The molecule has 0 saturated heterocycles. The van der Waals surface area contributed by atoms with Crippen LogP contribution >= 0.6 is 0 Å². The smallest absolute Gasteiger partial charge is 0.415 e. The fraction of sp³-hybridized carbons (Fsp3) is 0.500. The van der Waals surface area contributed by atoms with Crippen molar-refractivity contribution in [3.05, 3.63) is 5.89 Å². The number of hydrogen-bond donors (Lipinski definition) is 2.